The number of aryl methyl sites for hydroxylation is 1. The topological polar surface area (TPSA) is 0 Å². The van der Waals surface area contributed by atoms with E-state index in [1.54, 1.807) is 6.07 Å². The van der Waals surface area contributed by atoms with Crippen LogP contribution in [-0.4, -0.2) is 0 Å². The third kappa shape index (κ3) is 4.83. The Bertz CT molecular complexity index is 1160. The molecule has 0 atom stereocenters. The molecule has 0 unspecified atom stereocenters. The Labute approximate surface area is 186 Å². The number of unbranched alkanes of at least 4 members (excludes halogenated alkanes) is 1. The van der Waals surface area contributed by atoms with Gasteiger partial charge in [-0.2, -0.15) is 0 Å². The summed E-state index contributed by atoms with van der Waals surface area (Å²) in [6, 6.07) is 12.1. The van der Waals surface area contributed by atoms with Crippen LogP contribution >= 0.6 is 0 Å². The zero-order valence-electron chi connectivity index (χ0n) is 18.2. The first kappa shape index (κ1) is 22.4. The molecule has 0 nitrogen and oxygen atoms in total. The average molecular weight is 439 g/mol. The second-order valence-electron chi connectivity index (χ2n) is 8.71. The van der Waals surface area contributed by atoms with Crippen LogP contribution in [0.1, 0.15) is 68.1 Å². The maximum Gasteiger partial charge on any atom is 0.195 e. The van der Waals surface area contributed by atoms with Gasteiger partial charge in [-0.25, -0.2) is 17.6 Å². The molecule has 1 aliphatic carbocycles. The summed E-state index contributed by atoms with van der Waals surface area (Å²) in [7, 11) is 0. The van der Waals surface area contributed by atoms with Crippen LogP contribution in [0.2, 0.25) is 0 Å². The lowest BCUT2D eigenvalue weighted by Gasteiger charge is -2.26. The molecule has 0 saturated heterocycles. The van der Waals surface area contributed by atoms with E-state index in [-0.39, 0.29) is 17.2 Å². The summed E-state index contributed by atoms with van der Waals surface area (Å²) >= 11 is 0. The molecule has 0 heterocycles. The standard InChI is InChI=1S/C28H26F4/c1-2-3-4-18-5-7-19(8-6-18)9-10-20-11-13-21(14-12-20)22-15-23-17-25(30)27(31)28(32)26(23)24(29)16-22/h5-8,15-17,20-21H,2-4,11-14H2,1H3. The molecule has 32 heavy (non-hydrogen) atoms. The van der Waals surface area contributed by atoms with Gasteiger partial charge in [0.05, 0.1) is 5.39 Å². The molecule has 0 aromatic heterocycles. The van der Waals surface area contributed by atoms with Crippen molar-refractivity contribution in [2.45, 2.75) is 57.8 Å². The van der Waals surface area contributed by atoms with Gasteiger partial charge in [-0.3, -0.25) is 0 Å². The highest BCUT2D eigenvalue weighted by Gasteiger charge is 2.24. The second-order valence-corrected chi connectivity index (χ2v) is 8.71. The van der Waals surface area contributed by atoms with Crippen LogP contribution in [0.5, 0.6) is 0 Å². The minimum Gasteiger partial charge on any atom is -0.206 e. The summed E-state index contributed by atoms with van der Waals surface area (Å²) in [4.78, 5) is 0. The van der Waals surface area contributed by atoms with E-state index in [1.165, 1.54) is 24.5 Å². The Morgan fingerprint density at radius 1 is 0.844 bits per heavy atom. The Balaban J connectivity index is 1.43. The van der Waals surface area contributed by atoms with Gasteiger partial charge in [-0.1, -0.05) is 43.4 Å². The summed E-state index contributed by atoms with van der Waals surface area (Å²) in [6.45, 7) is 2.19. The van der Waals surface area contributed by atoms with E-state index in [0.717, 1.165) is 43.7 Å². The molecule has 4 heteroatoms. The van der Waals surface area contributed by atoms with Crippen molar-refractivity contribution in [3.8, 4) is 11.8 Å². The van der Waals surface area contributed by atoms with Crippen molar-refractivity contribution >= 4 is 10.8 Å². The number of halogens is 4. The molecule has 4 rings (SSSR count). The van der Waals surface area contributed by atoms with Gasteiger partial charge in [0.15, 0.2) is 17.5 Å². The third-order valence-electron chi connectivity index (χ3n) is 6.44. The van der Waals surface area contributed by atoms with Gasteiger partial charge in [0, 0.05) is 11.5 Å². The van der Waals surface area contributed by atoms with Crippen LogP contribution in [0, 0.1) is 41.0 Å². The lowest BCUT2D eigenvalue weighted by molar-refractivity contribution is 0.384. The average Bonchev–Trinajstić information content (AvgIpc) is 2.80. The van der Waals surface area contributed by atoms with Gasteiger partial charge in [0.2, 0.25) is 0 Å². The summed E-state index contributed by atoms with van der Waals surface area (Å²) in [6.07, 6.45) is 6.89. The molecule has 0 aliphatic heterocycles. The minimum atomic E-state index is -1.64. The molecular formula is C28H26F4. The van der Waals surface area contributed by atoms with Crippen molar-refractivity contribution < 1.29 is 17.6 Å². The molecule has 1 fully saturated rings. The maximum absolute atomic E-state index is 14.5. The molecule has 0 bridgehead atoms. The Morgan fingerprint density at radius 2 is 1.56 bits per heavy atom. The quantitative estimate of drug-likeness (QED) is 0.219. The van der Waals surface area contributed by atoms with Gasteiger partial charge in [-0.15, -0.1) is 0 Å². The number of fused-ring (bicyclic) bond motifs is 1. The Morgan fingerprint density at radius 3 is 2.25 bits per heavy atom. The van der Waals surface area contributed by atoms with E-state index >= 15 is 0 Å². The van der Waals surface area contributed by atoms with Crippen LogP contribution < -0.4 is 0 Å². The predicted molar refractivity (Wildman–Crippen MR) is 120 cm³/mol. The molecular weight excluding hydrogens is 412 g/mol. The van der Waals surface area contributed by atoms with Crippen molar-refractivity contribution in [2.24, 2.45) is 5.92 Å². The number of rotatable bonds is 4. The summed E-state index contributed by atoms with van der Waals surface area (Å²) in [5.74, 6) is 1.76. The fourth-order valence-corrected chi connectivity index (χ4v) is 4.54. The minimum absolute atomic E-state index is 0.0562. The van der Waals surface area contributed by atoms with Gasteiger partial charge >= 0.3 is 0 Å². The Kier molecular flexibility index (Phi) is 6.84. The first-order valence-corrected chi connectivity index (χ1v) is 11.3. The van der Waals surface area contributed by atoms with E-state index < -0.39 is 28.7 Å². The monoisotopic (exact) mass is 438 g/mol. The van der Waals surface area contributed by atoms with Crippen LogP contribution in [0.3, 0.4) is 0 Å². The van der Waals surface area contributed by atoms with E-state index in [1.807, 2.05) is 0 Å². The van der Waals surface area contributed by atoms with Crippen LogP contribution in [0.25, 0.3) is 10.8 Å². The molecule has 1 saturated carbocycles. The highest BCUT2D eigenvalue weighted by atomic mass is 19.2. The normalized spacial score (nSPS) is 18.4. The van der Waals surface area contributed by atoms with Gasteiger partial charge < -0.3 is 0 Å². The third-order valence-corrected chi connectivity index (χ3v) is 6.44. The highest BCUT2D eigenvalue weighted by Crippen LogP contribution is 2.38. The van der Waals surface area contributed by atoms with Crippen molar-refractivity contribution in [2.75, 3.05) is 0 Å². The van der Waals surface area contributed by atoms with Crippen LogP contribution in [0.15, 0.2) is 42.5 Å². The highest BCUT2D eigenvalue weighted by molar-refractivity contribution is 5.84. The van der Waals surface area contributed by atoms with Crippen molar-refractivity contribution in [3.05, 3.63) is 82.4 Å². The maximum atomic E-state index is 14.5. The van der Waals surface area contributed by atoms with Crippen molar-refractivity contribution in [1.29, 1.82) is 0 Å². The molecule has 0 spiro atoms. The lowest BCUT2D eigenvalue weighted by atomic mass is 9.78. The van der Waals surface area contributed by atoms with E-state index in [2.05, 4.69) is 43.0 Å². The zero-order chi connectivity index (χ0) is 22.7. The van der Waals surface area contributed by atoms with E-state index in [0.29, 0.717) is 5.56 Å². The fourth-order valence-electron chi connectivity index (χ4n) is 4.54. The SMILES string of the molecule is CCCCc1ccc(C#CC2CCC(c3cc(F)c4c(F)c(F)c(F)cc4c3)CC2)cc1. The number of hydrogen-bond acceptors (Lipinski definition) is 0. The Hall–Kier alpha value is -2.80. The molecule has 3 aromatic rings. The summed E-state index contributed by atoms with van der Waals surface area (Å²) in [5, 5.41) is -0.436. The molecule has 0 radical (unpaired) electrons. The van der Waals surface area contributed by atoms with E-state index in [4.69, 9.17) is 0 Å². The van der Waals surface area contributed by atoms with E-state index in [9.17, 15) is 17.6 Å². The van der Waals surface area contributed by atoms with Gasteiger partial charge in [0.25, 0.3) is 0 Å². The van der Waals surface area contributed by atoms with Gasteiger partial charge in [0.1, 0.15) is 5.82 Å². The molecule has 1 aliphatic rings. The first-order chi connectivity index (χ1) is 15.5. The molecule has 0 N–H and O–H groups in total. The van der Waals surface area contributed by atoms with Crippen LogP contribution in [-0.2, 0) is 6.42 Å². The second kappa shape index (κ2) is 9.77. The summed E-state index contributed by atoms with van der Waals surface area (Å²) in [5.41, 5.74) is 3.05. The number of benzene rings is 3. The van der Waals surface area contributed by atoms with Gasteiger partial charge in [-0.05, 0) is 85.2 Å². The largest absolute Gasteiger partial charge is 0.206 e. The fraction of sp³-hybridized carbons (Fsp3) is 0.357. The molecule has 0 amide bonds. The van der Waals surface area contributed by atoms with Crippen molar-refractivity contribution in [3.63, 3.8) is 0 Å². The summed E-state index contributed by atoms with van der Waals surface area (Å²) < 4.78 is 55.6. The zero-order valence-corrected chi connectivity index (χ0v) is 18.2. The predicted octanol–water partition coefficient (Wildman–Crippen LogP) is 8.06. The molecule has 166 valence electrons. The van der Waals surface area contributed by atoms with Crippen molar-refractivity contribution in [1.82, 2.24) is 0 Å². The molecule has 3 aromatic carbocycles. The number of hydrogen-bond donors (Lipinski definition) is 0. The lowest BCUT2D eigenvalue weighted by Crippen LogP contribution is -2.12. The first-order valence-electron chi connectivity index (χ1n) is 11.3. The smallest absolute Gasteiger partial charge is 0.195 e. The van der Waals surface area contributed by atoms with Crippen LogP contribution in [0.4, 0.5) is 17.6 Å².